The summed E-state index contributed by atoms with van der Waals surface area (Å²) in [7, 11) is 0. The molecule has 0 unspecified atom stereocenters. The van der Waals surface area contributed by atoms with Gasteiger partial charge in [0.25, 0.3) is 5.91 Å². The van der Waals surface area contributed by atoms with Crippen molar-refractivity contribution in [3.63, 3.8) is 0 Å². The highest BCUT2D eigenvalue weighted by molar-refractivity contribution is 7.13. The normalized spacial score (nSPS) is 11.9. The van der Waals surface area contributed by atoms with E-state index in [2.05, 4.69) is 5.32 Å². The summed E-state index contributed by atoms with van der Waals surface area (Å²) in [5.41, 5.74) is 0.702. The van der Waals surface area contributed by atoms with Gasteiger partial charge in [-0.1, -0.05) is 36.4 Å². The van der Waals surface area contributed by atoms with Gasteiger partial charge in [0.15, 0.2) is 6.10 Å². The molecule has 0 aliphatic carbocycles. The van der Waals surface area contributed by atoms with Gasteiger partial charge in [-0.05, 0) is 37.4 Å². The molecular formula is C19H17NO3S. The second-order valence-electron chi connectivity index (χ2n) is 5.47. The number of benzene rings is 2. The number of hydrogen-bond acceptors (Lipinski definition) is 4. The molecule has 0 bridgehead atoms. The summed E-state index contributed by atoms with van der Waals surface area (Å²) in [6, 6.07) is 17.0. The molecule has 5 heteroatoms. The Morgan fingerprint density at radius 3 is 2.54 bits per heavy atom. The van der Waals surface area contributed by atoms with Gasteiger partial charge in [0, 0.05) is 16.0 Å². The first-order chi connectivity index (χ1) is 11.5. The molecule has 4 nitrogen and oxygen atoms in total. The van der Waals surface area contributed by atoms with Gasteiger partial charge in [-0.15, -0.1) is 11.3 Å². The summed E-state index contributed by atoms with van der Waals surface area (Å²) in [6.45, 7) is 3.48. The number of fused-ring (bicyclic) bond motifs is 1. The van der Waals surface area contributed by atoms with Crippen LogP contribution in [0.5, 0.6) is 0 Å². The molecule has 0 spiro atoms. The number of hydrogen-bond donors (Lipinski definition) is 1. The third-order valence-corrected chi connectivity index (χ3v) is 4.62. The number of thiophene rings is 1. The number of anilines is 1. The van der Waals surface area contributed by atoms with Crippen LogP contribution in [0.1, 0.15) is 21.5 Å². The third-order valence-electron chi connectivity index (χ3n) is 3.64. The zero-order valence-electron chi connectivity index (χ0n) is 13.4. The highest BCUT2D eigenvalue weighted by Gasteiger charge is 2.20. The Balaban J connectivity index is 1.71. The SMILES string of the molecule is Cc1ccc(C(=O)O[C@@H](C)C(=O)Nc2cccc3ccccc23)s1. The number of nitrogens with one attached hydrogen (secondary N) is 1. The number of carbonyl (C=O) groups is 2. The van der Waals surface area contributed by atoms with E-state index in [0.29, 0.717) is 10.6 Å². The Morgan fingerprint density at radius 1 is 1.04 bits per heavy atom. The number of amides is 1. The van der Waals surface area contributed by atoms with Gasteiger partial charge >= 0.3 is 5.97 Å². The molecule has 1 N–H and O–H groups in total. The van der Waals surface area contributed by atoms with E-state index in [1.807, 2.05) is 55.5 Å². The Morgan fingerprint density at radius 2 is 1.79 bits per heavy atom. The van der Waals surface area contributed by atoms with Crippen molar-refractivity contribution < 1.29 is 14.3 Å². The van der Waals surface area contributed by atoms with E-state index in [1.165, 1.54) is 11.3 Å². The fraction of sp³-hybridized carbons (Fsp3) is 0.158. The Kier molecular flexibility index (Phi) is 4.62. The molecule has 122 valence electrons. The van der Waals surface area contributed by atoms with Gasteiger partial charge < -0.3 is 10.1 Å². The van der Waals surface area contributed by atoms with Crippen LogP contribution in [-0.4, -0.2) is 18.0 Å². The average molecular weight is 339 g/mol. The van der Waals surface area contributed by atoms with Crippen LogP contribution in [0.3, 0.4) is 0 Å². The van der Waals surface area contributed by atoms with Gasteiger partial charge in [-0.2, -0.15) is 0 Å². The number of aryl methyl sites for hydroxylation is 1. The molecular weight excluding hydrogens is 322 g/mol. The summed E-state index contributed by atoms with van der Waals surface area (Å²) in [5, 5.41) is 4.82. The van der Waals surface area contributed by atoms with Crippen LogP contribution >= 0.6 is 11.3 Å². The van der Waals surface area contributed by atoms with Crippen LogP contribution in [0.4, 0.5) is 5.69 Å². The Hall–Kier alpha value is -2.66. The van der Waals surface area contributed by atoms with Crippen molar-refractivity contribution in [1.29, 1.82) is 0 Å². The number of ether oxygens (including phenoxy) is 1. The highest BCUT2D eigenvalue weighted by Crippen LogP contribution is 2.23. The fourth-order valence-corrected chi connectivity index (χ4v) is 3.14. The topological polar surface area (TPSA) is 55.4 Å². The molecule has 0 aliphatic rings. The lowest BCUT2D eigenvalue weighted by Crippen LogP contribution is -2.29. The van der Waals surface area contributed by atoms with Crippen LogP contribution < -0.4 is 5.32 Å². The zero-order valence-corrected chi connectivity index (χ0v) is 14.2. The Bertz CT molecular complexity index is 895. The van der Waals surface area contributed by atoms with E-state index in [1.54, 1.807) is 13.0 Å². The van der Waals surface area contributed by atoms with Crippen LogP contribution in [0.25, 0.3) is 10.8 Å². The molecule has 1 aromatic heterocycles. The van der Waals surface area contributed by atoms with Crippen molar-refractivity contribution in [2.75, 3.05) is 5.32 Å². The third kappa shape index (κ3) is 3.46. The van der Waals surface area contributed by atoms with Crippen molar-refractivity contribution >= 4 is 39.7 Å². The highest BCUT2D eigenvalue weighted by atomic mass is 32.1. The number of esters is 1. The van der Waals surface area contributed by atoms with Gasteiger partial charge in [-0.3, -0.25) is 4.79 Å². The largest absolute Gasteiger partial charge is 0.448 e. The van der Waals surface area contributed by atoms with Crippen molar-refractivity contribution in [3.8, 4) is 0 Å². The maximum absolute atomic E-state index is 12.3. The maximum Gasteiger partial charge on any atom is 0.349 e. The van der Waals surface area contributed by atoms with Crippen LogP contribution in [0.2, 0.25) is 0 Å². The molecule has 3 rings (SSSR count). The van der Waals surface area contributed by atoms with Crippen molar-refractivity contribution in [2.24, 2.45) is 0 Å². The first-order valence-corrected chi connectivity index (χ1v) is 8.42. The van der Waals surface area contributed by atoms with E-state index in [9.17, 15) is 9.59 Å². The van der Waals surface area contributed by atoms with Crippen molar-refractivity contribution in [1.82, 2.24) is 0 Å². The van der Waals surface area contributed by atoms with E-state index < -0.39 is 12.1 Å². The van der Waals surface area contributed by atoms with E-state index in [0.717, 1.165) is 15.6 Å². The smallest absolute Gasteiger partial charge is 0.349 e. The second-order valence-corrected chi connectivity index (χ2v) is 6.76. The summed E-state index contributed by atoms with van der Waals surface area (Å²) >= 11 is 1.35. The lowest BCUT2D eigenvalue weighted by Gasteiger charge is -2.14. The molecule has 0 saturated carbocycles. The van der Waals surface area contributed by atoms with Gasteiger partial charge in [-0.25, -0.2) is 4.79 Å². The second kappa shape index (κ2) is 6.84. The van der Waals surface area contributed by atoms with Gasteiger partial charge in [0.2, 0.25) is 0 Å². The first kappa shape index (κ1) is 16.2. The molecule has 0 aliphatic heterocycles. The number of rotatable bonds is 4. The molecule has 2 aromatic carbocycles. The van der Waals surface area contributed by atoms with Gasteiger partial charge in [0.05, 0.1) is 0 Å². The van der Waals surface area contributed by atoms with Crippen LogP contribution in [0, 0.1) is 6.92 Å². The predicted molar refractivity (Wildman–Crippen MR) is 96.5 cm³/mol. The Labute approximate surface area is 144 Å². The molecule has 1 atom stereocenters. The van der Waals surface area contributed by atoms with Crippen LogP contribution in [-0.2, 0) is 9.53 Å². The molecule has 3 aromatic rings. The monoisotopic (exact) mass is 339 g/mol. The molecule has 1 heterocycles. The quantitative estimate of drug-likeness (QED) is 0.717. The lowest BCUT2D eigenvalue weighted by atomic mass is 10.1. The predicted octanol–water partition coefficient (Wildman–Crippen LogP) is 4.39. The fourth-order valence-electron chi connectivity index (χ4n) is 2.39. The molecule has 0 radical (unpaired) electrons. The minimum absolute atomic E-state index is 0.354. The van der Waals surface area contributed by atoms with E-state index >= 15 is 0 Å². The maximum atomic E-state index is 12.3. The molecule has 0 fully saturated rings. The first-order valence-electron chi connectivity index (χ1n) is 7.60. The molecule has 0 saturated heterocycles. The zero-order chi connectivity index (χ0) is 17.1. The molecule has 24 heavy (non-hydrogen) atoms. The van der Waals surface area contributed by atoms with E-state index in [-0.39, 0.29) is 5.91 Å². The van der Waals surface area contributed by atoms with E-state index in [4.69, 9.17) is 4.74 Å². The average Bonchev–Trinajstić information content (AvgIpc) is 3.01. The minimum atomic E-state index is -0.876. The summed E-state index contributed by atoms with van der Waals surface area (Å²) in [4.78, 5) is 25.9. The summed E-state index contributed by atoms with van der Waals surface area (Å²) in [6.07, 6.45) is -0.876. The standard InChI is InChI=1S/C19H17NO3S/c1-12-10-11-17(24-12)19(22)23-13(2)18(21)20-16-9-5-7-14-6-3-4-8-15(14)16/h3-11,13H,1-2H3,(H,20,21)/t13-/m0/s1. The lowest BCUT2D eigenvalue weighted by molar-refractivity contribution is -0.123. The van der Waals surface area contributed by atoms with Crippen LogP contribution in [0.15, 0.2) is 54.6 Å². The minimum Gasteiger partial charge on any atom is -0.448 e. The summed E-state index contributed by atoms with van der Waals surface area (Å²) in [5.74, 6) is -0.832. The van der Waals surface area contributed by atoms with Crippen molar-refractivity contribution in [2.45, 2.75) is 20.0 Å². The van der Waals surface area contributed by atoms with Crippen molar-refractivity contribution in [3.05, 3.63) is 64.4 Å². The van der Waals surface area contributed by atoms with Gasteiger partial charge in [0.1, 0.15) is 4.88 Å². The molecule has 1 amide bonds. The number of carbonyl (C=O) groups excluding carboxylic acids is 2. The summed E-state index contributed by atoms with van der Waals surface area (Å²) < 4.78 is 5.26.